The summed E-state index contributed by atoms with van der Waals surface area (Å²) in [5, 5.41) is 11.3. The van der Waals surface area contributed by atoms with Crippen molar-refractivity contribution in [2.75, 3.05) is 22.4 Å². The van der Waals surface area contributed by atoms with Gasteiger partial charge in [0.1, 0.15) is 0 Å². The van der Waals surface area contributed by atoms with Crippen molar-refractivity contribution in [3.63, 3.8) is 0 Å². The minimum atomic E-state index is -3.46. The molecular formula is C22H26N4O3S3. The topological polar surface area (TPSA) is 92.3 Å². The number of benzene rings is 2. The third kappa shape index (κ3) is 7.32. The van der Waals surface area contributed by atoms with E-state index < -0.39 is 10.0 Å². The number of carbonyl (C=O) groups is 1. The first-order valence-corrected chi connectivity index (χ1v) is 13.7. The summed E-state index contributed by atoms with van der Waals surface area (Å²) in [6.45, 7) is 4.08. The molecule has 0 fully saturated rings. The minimum Gasteiger partial charge on any atom is -0.301 e. The van der Waals surface area contributed by atoms with Gasteiger partial charge >= 0.3 is 0 Å². The van der Waals surface area contributed by atoms with Crippen LogP contribution in [-0.4, -0.2) is 37.3 Å². The number of hydrogen-bond acceptors (Lipinski definition) is 7. The normalized spacial score (nSPS) is 11.3. The van der Waals surface area contributed by atoms with Crippen LogP contribution in [0.1, 0.15) is 29.5 Å². The average Bonchev–Trinajstić information content (AvgIpc) is 3.16. The molecule has 0 aliphatic heterocycles. The molecule has 0 aliphatic carbocycles. The first-order valence-electron chi connectivity index (χ1n) is 10.1. The number of sulfonamides is 1. The zero-order valence-corrected chi connectivity index (χ0v) is 20.7. The third-order valence-corrected chi connectivity index (χ3v) is 7.75. The molecule has 3 rings (SSSR count). The van der Waals surface area contributed by atoms with Gasteiger partial charge in [-0.3, -0.25) is 9.10 Å². The van der Waals surface area contributed by atoms with Gasteiger partial charge in [0.25, 0.3) is 0 Å². The van der Waals surface area contributed by atoms with E-state index in [9.17, 15) is 13.2 Å². The number of thioether (sulfide) groups is 1. The molecule has 0 aliphatic rings. The van der Waals surface area contributed by atoms with E-state index in [1.807, 2.05) is 50.2 Å². The van der Waals surface area contributed by atoms with Gasteiger partial charge in [-0.1, -0.05) is 59.5 Å². The van der Waals surface area contributed by atoms with Crippen molar-refractivity contribution >= 4 is 49.8 Å². The van der Waals surface area contributed by atoms with Crippen molar-refractivity contribution in [2.45, 2.75) is 36.8 Å². The van der Waals surface area contributed by atoms with Crippen molar-refractivity contribution in [2.24, 2.45) is 0 Å². The monoisotopic (exact) mass is 490 g/mol. The highest BCUT2D eigenvalue weighted by Gasteiger charge is 2.18. The van der Waals surface area contributed by atoms with Crippen LogP contribution in [0.3, 0.4) is 0 Å². The lowest BCUT2D eigenvalue weighted by atomic mass is 10.1. The second-order valence-corrected chi connectivity index (χ2v) is 11.6. The molecule has 7 nitrogen and oxygen atoms in total. The lowest BCUT2D eigenvalue weighted by Crippen LogP contribution is -2.31. The van der Waals surface area contributed by atoms with Crippen molar-refractivity contribution in [3.8, 4) is 0 Å². The molecule has 0 bridgehead atoms. The van der Waals surface area contributed by atoms with Crippen LogP contribution < -0.4 is 9.62 Å². The largest absolute Gasteiger partial charge is 0.301 e. The van der Waals surface area contributed by atoms with Crippen molar-refractivity contribution in [1.82, 2.24) is 10.2 Å². The number of rotatable bonds is 10. The average molecular weight is 491 g/mol. The van der Waals surface area contributed by atoms with Crippen LogP contribution in [0.15, 0.2) is 52.9 Å². The Morgan fingerprint density at radius 1 is 1.09 bits per heavy atom. The molecule has 0 saturated carbocycles. The molecule has 1 heterocycles. The van der Waals surface area contributed by atoms with E-state index in [0.29, 0.717) is 17.2 Å². The van der Waals surface area contributed by atoms with Crippen molar-refractivity contribution in [1.29, 1.82) is 0 Å². The fraction of sp³-hybridized carbons (Fsp3) is 0.318. The quantitative estimate of drug-likeness (QED) is 0.329. The van der Waals surface area contributed by atoms with E-state index in [-0.39, 0.29) is 18.9 Å². The Morgan fingerprint density at radius 2 is 1.78 bits per heavy atom. The van der Waals surface area contributed by atoms with Crippen LogP contribution in [0, 0.1) is 13.8 Å². The van der Waals surface area contributed by atoms with Crippen LogP contribution in [0.2, 0.25) is 0 Å². The molecule has 0 atom stereocenters. The minimum absolute atomic E-state index is 0.183. The summed E-state index contributed by atoms with van der Waals surface area (Å²) in [7, 11) is -3.46. The number of aromatic nitrogens is 2. The highest BCUT2D eigenvalue weighted by Crippen LogP contribution is 2.28. The van der Waals surface area contributed by atoms with E-state index in [0.717, 1.165) is 21.2 Å². The van der Waals surface area contributed by atoms with Gasteiger partial charge in [-0.05, 0) is 49.1 Å². The number of aryl methyl sites for hydroxylation is 2. The molecule has 1 N–H and O–H groups in total. The number of amides is 1. The van der Waals surface area contributed by atoms with Gasteiger partial charge in [-0.25, -0.2) is 8.42 Å². The SMILES string of the molecule is Cc1cc(C)cc(N(CCCC(=O)Nc2nnc(SCc3ccccc3)s2)S(C)(=O)=O)c1. The van der Waals surface area contributed by atoms with E-state index in [1.165, 1.54) is 27.5 Å². The molecular weight excluding hydrogens is 464 g/mol. The van der Waals surface area contributed by atoms with Crippen LogP contribution in [0.5, 0.6) is 0 Å². The fourth-order valence-electron chi connectivity index (χ4n) is 3.18. The third-order valence-electron chi connectivity index (χ3n) is 4.52. The predicted octanol–water partition coefficient (Wildman–Crippen LogP) is 4.63. The predicted molar refractivity (Wildman–Crippen MR) is 132 cm³/mol. The summed E-state index contributed by atoms with van der Waals surface area (Å²) in [6, 6.07) is 15.7. The van der Waals surface area contributed by atoms with Crippen molar-refractivity contribution < 1.29 is 13.2 Å². The molecule has 3 aromatic rings. The Morgan fingerprint density at radius 3 is 2.44 bits per heavy atom. The first kappa shape index (κ1) is 24.2. The molecule has 32 heavy (non-hydrogen) atoms. The number of hydrogen-bond donors (Lipinski definition) is 1. The van der Waals surface area contributed by atoms with E-state index >= 15 is 0 Å². The Labute approximate surface area is 197 Å². The highest BCUT2D eigenvalue weighted by atomic mass is 32.2. The van der Waals surface area contributed by atoms with Gasteiger partial charge in [-0.2, -0.15) is 0 Å². The Kier molecular flexibility index (Phi) is 8.27. The van der Waals surface area contributed by atoms with Crippen LogP contribution >= 0.6 is 23.1 Å². The van der Waals surface area contributed by atoms with Crippen LogP contribution in [0.4, 0.5) is 10.8 Å². The number of carbonyl (C=O) groups excluding carboxylic acids is 1. The lowest BCUT2D eigenvalue weighted by Gasteiger charge is -2.23. The number of nitrogens with one attached hydrogen (secondary N) is 1. The zero-order chi connectivity index (χ0) is 23.1. The Bertz CT molecular complexity index is 1140. The zero-order valence-electron chi connectivity index (χ0n) is 18.2. The lowest BCUT2D eigenvalue weighted by molar-refractivity contribution is -0.116. The summed E-state index contributed by atoms with van der Waals surface area (Å²) >= 11 is 2.89. The van der Waals surface area contributed by atoms with E-state index in [1.54, 1.807) is 11.8 Å². The standard InChI is InChI=1S/C22H26N4O3S3/c1-16-12-17(2)14-19(13-16)26(32(3,28)29)11-7-10-20(27)23-21-24-25-22(31-21)30-15-18-8-5-4-6-9-18/h4-6,8-9,12-14H,7,10-11,15H2,1-3H3,(H,23,24,27). The molecule has 170 valence electrons. The molecule has 0 spiro atoms. The Hall–Kier alpha value is -2.43. The molecule has 0 saturated heterocycles. The van der Waals surface area contributed by atoms with E-state index in [2.05, 4.69) is 27.6 Å². The number of anilines is 2. The van der Waals surface area contributed by atoms with Gasteiger partial charge in [-0.15, -0.1) is 10.2 Å². The highest BCUT2D eigenvalue weighted by molar-refractivity contribution is 8.00. The smallest absolute Gasteiger partial charge is 0.232 e. The maximum Gasteiger partial charge on any atom is 0.232 e. The summed E-state index contributed by atoms with van der Waals surface area (Å²) < 4.78 is 26.7. The summed E-state index contributed by atoms with van der Waals surface area (Å²) in [6.07, 6.45) is 1.75. The summed E-state index contributed by atoms with van der Waals surface area (Å²) in [5.74, 6) is 0.568. The van der Waals surface area contributed by atoms with Crippen LogP contribution in [-0.2, 0) is 20.6 Å². The first-order chi connectivity index (χ1) is 15.2. The number of nitrogens with zero attached hydrogens (tertiary/aromatic N) is 3. The Balaban J connectivity index is 1.51. The van der Waals surface area contributed by atoms with E-state index in [4.69, 9.17) is 0 Å². The summed E-state index contributed by atoms with van der Waals surface area (Å²) in [4.78, 5) is 12.3. The van der Waals surface area contributed by atoms with Crippen LogP contribution in [0.25, 0.3) is 0 Å². The fourth-order valence-corrected chi connectivity index (χ4v) is 5.86. The molecule has 1 amide bonds. The van der Waals surface area contributed by atoms with Gasteiger partial charge in [0.05, 0.1) is 11.9 Å². The second kappa shape index (κ2) is 10.9. The molecule has 1 aromatic heterocycles. The molecule has 0 unspecified atom stereocenters. The molecule has 10 heteroatoms. The van der Waals surface area contributed by atoms with Gasteiger partial charge in [0.15, 0.2) is 4.34 Å². The molecule has 2 aromatic carbocycles. The summed E-state index contributed by atoms with van der Waals surface area (Å²) in [5.41, 5.74) is 3.79. The van der Waals surface area contributed by atoms with Gasteiger partial charge in [0.2, 0.25) is 21.1 Å². The maximum atomic E-state index is 12.3. The molecule has 0 radical (unpaired) electrons. The van der Waals surface area contributed by atoms with Gasteiger partial charge in [0, 0.05) is 18.7 Å². The van der Waals surface area contributed by atoms with Gasteiger partial charge < -0.3 is 5.32 Å². The van der Waals surface area contributed by atoms with Crippen molar-refractivity contribution in [3.05, 3.63) is 65.2 Å². The maximum absolute atomic E-state index is 12.3. The second-order valence-electron chi connectivity index (χ2n) is 7.48.